The van der Waals surface area contributed by atoms with Crippen molar-refractivity contribution in [2.75, 3.05) is 6.54 Å². The third kappa shape index (κ3) is 3.32. The third-order valence-electron chi connectivity index (χ3n) is 2.57. The SMILES string of the molecule is C#CCNC(=O)C(C)n1cc(C(=O)O)c(C(F)(F)F)c1. The maximum Gasteiger partial charge on any atom is 0.418 e. The Morgan fingerprint density at radius 2 is 2.10 bits per heavy atom. The lowest BCUT2D eigenvalue weighted by molar-refractivity contribution is -0.138. The molecule has 1 aromatic heterocycles. The van der Waals surface area contributed by atoms with Crippen LogP contribution in [0.1, 0.15) is 28.9 Å². The van der Waals surface area contributed by atoms with Crippen molar-refractivity contribution >= 4 is 11.9 Å². The Labute approximate surface area is 112 Å². The largest absolute Gasteiger partial charge is 0.478 e. The van der Waals surface area contributed by atoms with Gasteiger partial charge in [0.2, 0.25) is 5.91 Å². The van der Waals surface area contributed by atoms with Gasteiger partial charge in [0.1, 0.15) is 6.04 Å². The summed E-state index contributed by atoms with van der Waals surface area (Å²) >= 11 is 0. The molecule has 0 aliphatic rings. The Kier molecular flexibility index (Phi) is 4.45. The highest BCUT2D eigenvalue weighted by Gasteiger charge is 2.37. The van der Waals surface area contributed by atoms with Crippen molar-refractivity contribution in [1.82, 2.24) is 9.88 Å². The van der Waals surface area contributed by atoms with Crippen LogP contribution in [0.15, 0.2) is 12.4 Å². The van der Waals surface area contributed by atoms with E-state index in [0.717, 1.165) is 10.8 Å². The molecule has 0 aliphatic heterocycles. The third-order valence-corrected chi connectivity index (χ3v) is 2.57. The maximum atomic E-state index is 12.7. The zero-order chi connectivity index (χ0) is 15.5. The smallest absolute Gasteiger partial charge is 0.418 e. The molecule has 1 unspecified atom stereocenters. The van der Waals surface area contributed by atoms with Gasteiger partial charge in [-0.1, -0.05) is 5.92 Å². The van der Waals surface area contributed by atoms with Crippen LogP contribution < -0.4 is 5.32 Å². The van der Waals surface area contributed by atoms with Gasteiger partial charge in [0.25, 0.3) is 0 Å². The molecule has 0 aromatic carbocycles. The molecule has 0 saturated heterocycles. The summed E-state index contributed by atoms with van der Waals surface area (Å²) in [6.07, 6.45) is 1.49. The molecule has 0 fully saturated rings. The van der Waals surface area contributed by atoms with Crippen LogP contribution in [0, 0.1) is 12.3 Å². The minimum atomic E-state index is -4.81. The van der Waals surface area contributed by atoms with Gasteiger partial charge in [0, 0.05) is 12.4 Å². The number of hydrogen-bond donors (Lipinski definition) is 2. The Balaban J connectivity index is 3.12. The number of hydrogen-bond acceptors (Lipinski definition) is 2. The van der Waals surface area contributed by atoms with E-state index in [2.05, 4.69) is 11.2 Å². The lowest BCUT2D eigenvalue weighted by atomic mass is 10.2. The van der Waals surface area contributed by atoms with E-state index < -0.39 is 35.2 Å². The molecule has 20 heavy (non-hydrogen) atoms. The molecular formula is C12H11F3N2O3. The molecule has 0 aliphatic carbocycles. The van der Waals surface area contributed by atoms with E-state index in [-0.39, 0.29) is 6.54 Å². The second-order valence-corrected chi connectivity index (χ2v) is 3.93. The number of aromatic nitrogens is 1. The molecule has 2 N–H and O–H groups in total. The van der Waals surface area contributed by atoms with Crippen LogP contribution in [0.5, 0.6) is 0 Å². The number of amides is 1. The zero-order valence-electron chi connectivity index (χ0n) is 10.4. The highest BCUT2D eigenvalue weighted by molar-refractivity contribution is 5.90. The number of nitrogens with zero attached hydrogens (tertiary/aromatic N) is 1. The number of rotatable bonds is 4. The van der Waals surface area contributed by atoms with Crippen molar-refractivity contribution in [2.45, 2.75) is 19.1 Å². The van der Waals surface area contributed by atoms with E-state index in [1.165, 1.54) is 6.92 Å². The van der Waals surface area contributed by atoms with E-state index in [1.807, 2.05) is 0 Å². The van der Waals surface area contributed by atoms with E-state index in [4.69, 9.17) is 11.5 Å². The Morgan fingerprint density at radius 3 is 2.50 bits per heavy atom. The van der Waals surface area contributed by atoms with Gasteiger partial charge in [0.05, 0.1) is 17.7 Å². The molecule has 108 valence electrons. The van der Waals surface area contributed by atoms with Crippen molar-refractivity contribution in [2.24, 2.45) is 0 Å². The minimum Gasteiger partial charge on any atom is -0.478 e. The van der Waals surface area contributed by atoms with Crippen LogP contribution in [0.25, 0.3) is 0 Å². The van der Waals surface area contributed by atoms with Crippen molar-refractivity contribution in [1.29, 1.82) is 0 Å². The standard InChI is InChI=1S/C12H11F3N2O3/c1-3-4-16-10(18)7(2)17-5-8(11(19)20)9(6-17)12(13,14)15/h1,5-7H,4H2,2H3,(H,16,18)(H,19,20). The number of alkyl halides is 3. The lowest BCUT2D eigenvalue weighted by Crippen LogP contribution is -2.30. The topological polar surface area (TPSA) is 71.3 Å². The average Bonchev–Trinajstić information content (AvgIpc) is 2.79. The van der Waals surface area contributed by atoms with Gasteiger partial charge in [-0.25, -0.2) is 4.79 Å². The first-order valence-corrected chi connectivity index (χ1v) is 5.41. The summed E-state index contributed by atoms with van der Waals surface area (Å²) in [5, 5.41) is 11.1. The highest BCUT2D eigenvalue weighted by atomic mass is 19.4. The van der Waals surface area contributed by atoms with Crippen molar-refractivity contribution in [3.8, 4) is 12.3 Å². The first-order valence-electron chi connectivity index (χ1n) is 5.41. The summed E-state index contributed by atoms with van der Waals surface area (Å²) in [5.41, 5.74) is -2.21. The van der Waals surface area contributed by atoms with Gasteiger partial charge in [-0.3, -0.25) is 4.79 Å². The summed E-state index contributed by atoms with van der Waals surface area (Å²) in [6.45, 7) is 1.26. The van der Waals surface area contributed by atoms with Gasteiger partial charge in [-0.2, -0.15) is 13.2 Å². The Bertz CT molecular complexity index is 569. The van der Waals surface area contributed by atoms with Gasteiger partial charge in [-0.15, -0.1) is 6.42 Å². The molecule has 1 atom stereocenters. The van der Waals surface area contributed by atoms with Crippen molar-refractivity contribution < 1.29 is 27.9 Å². The first kappa shape index (κ1) is 15.6. The molecule has 1 heterocycles. The second kappa shape index (κ2) is 5.69. The van der Waals surface area contributed by atoms with Crippen LogP contribution in [0.4, 0.5) is 13.2 Å². The lowest BCUT2D eigenvalue weighted by Gasteiger charge is -2.12. The van der Waals surface area contributed by atoms with Crippen LogP contribution in [0.3, 0.4) is 0 Å². The van der Waals surface area contributed by atoms with Gasteiger partial charge in [0.15, 0.2) is 0 Å². The minimum absolute atomic E-state index is 0.0671. The molecule has 0 saturated carbocycles. The fourth-order valence-corrected chi connectivity index (χ4v) is 1.52. The van der Waals surface area contributed by atoms with Crippen LogP contribution in [0.2, 0.25) is 0 Å². The quantitative estimate of drug-likeness (QED) is 0.825. The number of aromatic carboxylic acids is 1. The highest BCUT2D eigenvalue weighted by Crippen LogP contribution is 2.33. The van der Waals surface area contributed by atoms with Gasteiger partial charge >= 0.3 is 12.1 Å². The first-order chi connectivity index (χ1) is 9.18. The Morgan fingerprint density at radius 1 is 1.50 bits per heavy atom. The molecule has 8 heteroatoms. The van der Waals surface area contributed by atoms with E-state index in [1.54, 1.807) is 0 Å². The fraction of sp³-hybridized carbons (Fsp3) is 0.333. The van der Waals surface area contributed by atoms with E-state index in [0.29, 0.717) is 6.20 Å². The molecular weight excluding hydrogens is 277 g/mol. The monoisotopic (exact) mass is 288 g/mol. The number of carboxylic acid groups (broad SMARTS) is 1. The van der Waals surface area contributed by atoms with Gasteiger partial charge in [-0.05, 0) is 6.92 Å². The predicted molar refractivity (Wildman–Crippen MR) is 62.9 cm³/mol. The number of carbonyl (C=O) groups is 2. The molecule has 1 rings (SSSR count). The predicted octanol–water partition coefficient (Wildman–Crippen LogP) is 1.52. The van der Waals surface area contributed by atoms with Crippen LogP contribution in [-0.4, -0.2) is 28.1 Å². The summed E-state index contributed by atoms with van der Waals surface area (Å²) in [6, 6.07) is -1.02. The van der Waals surface area contributed by atoms with Crippen molar-refractivity contribution in [3.63, 3.8) is 0 Å². The molecule has 0 bridgehead atoms. The fourth-order valence-electron chi connectivity index (χ4n) is 1.52. The van der Waals surface area contributed by atoms with Crippen molar-refractivity contribution in [3.05, 3.63) is 23.5 Å². The molecule has 5 nitrogen and oxygen atoms in total. The molecule has 1 aromatic rings. The summed E-state index contributed by atoms with van der Waals surface area (Å²) < 4.78 is 38.9. The normalized spacial score (nSPS) is 12.6. The molecule has 0 spiro atoms. The summed E-state index contributed by atoms with van der Waals surface area (Å²) in [7, 11) is 0. The summed E-state index contributed by atoms with van der Waals surface area (Å²) in [5.74, 6) is -0.175. The van der Waals surface area contributed by atoms with E-state index in [9.17, 15) is 22.8 Å². The molecule has 1 amide bonds. The van der Waals surface area contributed by atoms with E-state index >= 15 is 0 Å². The second-order valence-electron chi connectivity index (χ2n) is 3.93. The van der Waals surface area contributed by atoms with Crippen LogP contribution >= 0.6 is 0 Å². The number of halogens is 3. The maximum absolute atomic E-state index is 12.7. The number of nitrogens with one attached hydrogen (secondary N) is 1. The number of carbonyl (C=O) groups excluding carboxylic acids is 1. The van der Waals surface area contributed by atoms with Crippen LogP contribution in [-0.2, 0) is 11.0 Å². The number of carboxylic acids is 1. The zero-order valence-corrected chi connectivity index (χ0v) is 10.4. The average molecular weight is 288 g/mol. The van der Waals surface area contributed by atoms with Gasteiger partial charge < -0.3 is 15.0 Å². The Hall–Kier alpha value is -2.43. The number of terminal acetylenes is 1. The molecule has 0 radical (unpaired) electrons. The summed E-state index contributed by atoms with van der Waals surface area (Å²) in [4.78, 5) is 22.4.